The normalized spacial score (nSPS) is 31.8. The second kappa shape index (κ2) is 6.22. The minimum atomic E-state index is -2.22. The molecular formula is C21H30O2. The number of unbranched alkanes of at least 4 members (excludes halogenated alkanes) is 2. The van der Waals surface area contributed by atoms with E-state index in [1.807, 2.05) is 12.1 Å². The van der Waals surface area contributed by atoms with Crippen molar-refractivity contribution in [3.8, 4) is 11.5 Å². The summed E-state index contributed by atoms with van der Waals surface area (Å²) in [4.78, 5) is 0. The topological polar surface area (TPSA) is 29.5 Å². The van der Waals surface area contributed by atoms with Gasteiger partial charge in [0.25, 0.3) is 0 Å². The molecule has 2 aliphatic rings. The largest absolute Gasteiger partial charge is 0.507 e. The molecule has 3 atom stereocenters. The Morgan fingerprint density at radius 1 is 1.39 bits per heavy atom. The summed E-state index contributed by atoms with van der Waals surface area (Å²) in [5.41, 5.74) is 1.78. The first kappa shape index (κ1) is 12.9. The Hall–Kier alpha value is -1.44. The van der Waals surface area contributed by atoms with Crippen LogP contribution in [-0.2, 0) is 6.42 Å². The van der Waals surface area contributed by atoms with Gasteiger partial charge in [-0.2, -0.15) is 0 Å². The molecule has 0 bridgehead atoms. The summed E-state index contributed by atoms with van der Waals surface area (Å²) in [7, 11) is 0. The molecule has 1 aromatic rings. The second-order valence-electron chi connectivity index (χ2n) is 7.38. The third kappa shape index (κ3) is 3.13. The lowest BCUT2D eigenvalue weighted by Crippen LogP contribution is -2.45. The first-order valence-corrected chi connectivity index (χ1v) is 8.89. The number of phenols is 1. The van der Waals surface area contributed by atoms with E-state index in [1.54, 1.807) is 6.92 Å². The van der Waals surface area contributed by atoms with E-state index in [9.17, 15) is 5.11 Å². The van der Waals surface area contributed by atoms with Crippen LogP contribution in [0, 0.1) is 5.92 Å². The van der Waals surface area contributed by atoms with Crippen LogP contribution in [0.1, 0.15) is 80.9 Å². The Bertz CT molecular complexity index is 708. The van der Waals surface area contributed by atoms with Crippen molar-refractivity contribution >= 4 is 0 Å². The fraction of sp³-hybridized carbons (Fsp3) is 0.619. The summed E-state index contributed by atoms with van der Waals surface area (Å²) < 4.78 is 30.5. The number of aromatic hydroxyl groups is 1. The smallest absolute Gasteiger partial charge is 0.127 e. The van der Waals surface area contributed by atoms with E-state index in [4.69, 9.17) is 8.85 Å². The lowest BCUT2D eigenvalue weighted by Gasteiger charge is -2.46. The van der Waals surface area contributed by atoms with E-state index in [1.165, 1.54) is 5.57 Å². The van der Waals surface area contributed by atoms with Crippen molar-refractivity contribution < 1.29 is 14.0 Å². The van der Waals surface area contributed by atoms with Crippen LogP contribution >= 0.6 is 0 Å². The Morgan fingerprint density at radius 3 is 2.96 bits per heavy atom. The summed E-state index contributed by atoms with van der Waals surface area (Å²) in [6.45, 7) is 3.73. The van der Waals surface area contributed by atoms with E-state index in [2.05, 4.69) is 19.9 Å². The third-order valence-electron chi connectivity index (χ3n) is 5.36. The van der Waals surface area contributed by atoms with Crippen molar-refractivity contribution in [2.24, 2.45) is 5.92 Å². The lowest BCUT2D eigenvalue weighted by molar-refractivity contribution is 0.0107. The molecule has 0 spiro atoms. The standard InChI is InChI=1S/C21H30O2/c1-5-6-7-8-15-12-18(22)20-16-11-14(2)9-10-17(16)21(3,4)23-19(20)13-15/h11-13,16-17,22H,5-10H2,1-4H3/i3D3. The summed E-state index contributed by atoms with van der Waals surface area (Å²) in [6, 6.07) is 3.79. The van der Waals surface area contributed by atoms with Crippen LogP contribution in [0.5, 0.6) is 11.5 Å². The maximum atomic E-state index is 10.7. The van der Waals surface area contributed by atoms with Crippen molar-refractivity contribution in [2.75, 3.05) is 0 Å². The van der Waals surface area contributed by atoms with Crippen LogP contribution in [0.25, 0.3) is 0 Å². The summed E-state index contributed by atoms with van der Waals surface area (Å²) >= 11 is 0. The molecule has 1 aliphatic heterocycles. The maximum absolute atomic E-state index is 10.7. The lowest BCUT2D eigenvalue weighted by atomic mass is 9.68. The number of aryl methyl sites for hydroxylation is 1. The van der Waals surface area contributed by atoms with Crippen molar-refractivity contribution in [3.05, 3.63) is 34.9 Å². The number of rotatable bonds is 4. The first-order valence-electron chi connectivity index (χ1n) is 10.4. The zero-order chi connectivity index (χ0) is 19.1. The Labute approximate surface area is 144 Å². The van der Waals surface area contributed by atoms with Crippen molar-refractivity contribution in [1.29, 1.82) is 0 Å². The monoisotopic (exact) mass is 317 g/mol. The highest BCUT2D eigenvalue weighted by atomic mass is 16.5. The molecule has 0 amide bonds. The van der Waals surface area contributed by atoms with Crippen LogP contribution in [0.2, 0.25) is 0 Å². The van der Waals surface area contributed by atoms with Gasteiger partial charge in [0.2, 0.25) is 0 Å². The highest BCUT2D eigenvalue weighted by molar-refractivity contribution is 5.53. The molecule has 0 fully saturated rings. The zero-order valence-corrected chi connectivity index (χ0v) is 14.5. The summed E-state index contributed by atoms with van der Waals surface area (Å²) in [5, 5.41) is 10.7. The molecule has 1 N–H and O–H groups in total. The van der Waals surface area contributed by atoms with Crippen LogP contribution in [-0.4, -0.2) is 10.7 Å². The van der Waals surface area contributed by atoms with Gasteiger partial charge in [-0.25, -0.2) is 0 Å². The number of benzene rings is 1. The average Bonchev–Trinajstić information content (AvgIpc) is 2.53. The molecule has 1 aliphatic carbocycles. The zero-order valence-electron chi connectivity index (χ0n) is 17.5. The molecule has 0 aromatic heterocycles. The average molecular weight is 317 g/mol. The van der Waals surface area contributed by atoms with Gasteiger partial charge in [0.1, 0.15) is 17.1 Å². The van der Waals surface area contributed by atoms with E-state index < -0.39 is 12.5 Å². The molecule has 1 heterocycles. The quantitative estimate of drug-likeness (QED) is 0.567. The van der Waals surface area contributed by atoms with Crippen LogP contribution in [0.15, 0.2) is 23.8 Å². The third-order valence-corrected chi connectivity index (χ3v) is 5.36. The number of fused-ring (bicyclic) bond motifs is 3. The van der Waals surface area contributed by atoms with Crippen LogP contribution < -0.4 is 4.74 Å². The molecule has 0 saturated carbocycles. The Kier molecular flexibility index (Phi) is 3.49. The Balaban J connectivity index is 2.07. The van der Waals surface area contributed by atoms with Gasteiger partial charge in [-0.15, -0.1) is 0 Å². The molecule has 2 nitrogen and oxygen atoms in total. The summed E-state index contributed by atoms with van der Waals surface area (Å²) in [5.74, 6) is 0.510. The molecule has 1 aromatic carbocycles. The number of hydrogen-bond donors (Lipinski definition) is 1. The van der Waals surface area contributed by atoms with Crippen molar-refractivity contribution in [2.45, 2.75) is 77.7 Å². The van der Waals surface area contributed by atoms with E-state index in [0.717, 1.165) is 49.7 Å². The molecule has 23 heavy (non-hydrogen) atoms. The molecule has 3 unspecified atom stereocenters. The SMILES string of the molecule is [2H]C([2H])([2H])C1(C)Oc2cc(CCCCC)cc(O)c2C2C=C(C)CCC21. The highest BCUT2D eigenvalue weighted by Crippen LogP contribution is 2.53. The van der Waals surface area contributed by atoms with Gasteiger partial charge < -0.3 is 9.84 Å². The number of ether oxygens (including phenoxy) is 1. The minimum Gasteiger partial charge on any atom is -0.507 e. The predicted octanol–water partition coefficient (Wildman–Crippen LogP) is 5.74. The van der Waals surface area contributed by atoms with E-state index in [0.29, 0.717) is 5.75 Å². The van der Waals surface area contributed by atoms with E-state index >= 15 is 0 Å². The number of phenolic OH excluding ortho intramolecular Hbond substituents is 1. The second-order valence-corrected chi connectivity index (χ2v) is 7.38. The predicted molar refractivity (Wildman–Crippen MR) is 95.3 cm³/mol. The fourth-order valence-corrected chi connectivity index (χ4v) is 4.09. The molecule has 2 heteroatoms. The molecule has 3 rings (SSSR count). The van der Waals surface area contributed by atoms with E-state index in [-0.39, 0.29) is 17.6 Å². The van der Waals surface area contributed by atoms with Gasteiger partial charge in [0.15, 0.2) is 0 Å². The molecule has 126 valence electrons. The van der Waals surface area contributed by atoms with Gasteiger partial charge in [-0.3, -0.25) is 0 Å². The number of hydrogen-bond acceptors (Lipinski definition) is 2. The van der Waals surface area contributed by atoms with Crippen LogP contribution in [0.3, 0.4) is 0 Å². The molecular weight excluding hydrogens is 284 g/mol. The van der Waals surface area contributed by atoms with Crippen molar-refractivity contribution in [3.63, 3.8) is 0 Å². The first-order chi connectivity index (χ1) is 12.2. The van der Waals surface area contributed by atoms with Gasteiger partial charge >= 0.3 is 0 Å². The fourth-order valence-electron chi connectivity index (χ4n) is 4.09. The van der Waals surface area contributed by atoms with Crippen LogP contribution in [0.4, 0.5) is 0 Å². The van der Waals surface area contributed by atoms with Gasteiger partial charge in [0, 0.05) is 21.5 Å². The highest BCUT2D eigenvalue weighted by Gasteiger charge is 2.45. The minimum absolute atomic E-state index is 0.109. The number of allylic oxidation sites excluding steroid dienone is 2. The van der Waals surface area contributed by atoms with Gasteiger partial charge in [-0.05, 0) is 64.1 Å². The summed E-state index contributed by atoms with van der Waals surface area (Å²) in [6.07, 6.45) is 7.97. The molecule has 0 saturated heterocycles. The maximum Gasteiger partial charge on any atom is 0.127 e. The van der Waals surface area contributed by atoms with Crippen molar-refractivity contribution in [1.82, 2.24) is 0 Å². The Morgan fingerprint density at radius 2 is 2.22 bits per heavy atom. The van der Waals surface area contributed by atoms with Gasteiger partial charge in [-0.1, -0.05) is 31.4 Å². The molecule has 0 radical (unpaired) electrons. The van der Waals surface area contributed by atoms with Gasteiger partial charge in [0.05, 0.1) is 0 Å².